The van der Waals surface area contributed by atoms with Gasteiger partial charge in [0, 0.05) is 6.07 Å². The van der Waals surface area contributed by atoms with Gasteiger partial charge in [-0.25, -0.2) is 9.89 Å². The third-order valence-electron chi connectivity index (χ3n) is 1.71. The number of aromatic nitrogens is 2. The summed E-state index contributed by atoms with van der Waals surface area (Å²) < 4.78 is 4.94. The summed E-state index contributed by atoms with van der Waals surface area (Å²) in [6.07, 6.45) is 2.13. The standard InChI is InChI=1S/C9H15N3O2/c1-6(2)5-7(10)9(13)14-8-3-4-11-12-8/h3-4,6-7H,5,10H2,1-2H3,(H,11,12)/t7-/m1/s1. The van der Waals surface area contributed by atoms with Crippen molar-refractivity contribution in [1.29, 1.82) is 0 Å². The zero-order valence-electron chi connectivity index (χ0n) is 8.36. The van der Waals surface area contributed by atoms with E-state index in [-0.39, 0.29) is 0 Å². The molecule has 0 amide bonds. The van der Waals surface area contributed by atoms with E-state index in [1.54, 1.807) is 6.07 Å². The smallest absolute Gasteiger partial charge is 0.329 e. The molecule has 3 N–H and O–H groups in total. The Morgan fingerprint density at radius 1 is 1.71 bits per heavy atom. The quantitative estimate of drug-likeness (QED) is 0.696. The summed E-state index contributed by atoms with van der Waals surface area (Å²) in [5.74, 6) is 0.275. The van der Waals surface area contributed by atoms with E-state index in [1.807, 2.05) is 13.8 Å². The molecule has 78 valence electrons. The molecule has 0 aliphatic rings. The average Bonchev–Trinajstić information content (AvgIpc) is 2.55. The van der Waals surface area contributed by atoms with E-state index < -0.39 is 12.0 Å². The zero-order valence-corrected chi connectivity index (χ0v) is 8.36. The molecule has 0 fully saturated rings. The molecule has 1 heterocycles. The lowest BCUT2D eigenvalue weighted by Gasteiger charge is -2.11. The Morgan fingerprint density at radius 3 is 2.93 bits per heavy atom. The summed E-state index contributed by atoms with van der Waals surface area (Å²) >= 11 is 0. The first-order valence-corrected chi connectivity index (χ1v) is 4.56. The minimum atomic E-state index is -0.571. The van der Waals surface area contributed by atoms with Crippen LogP contribution in [0.25, 0.3) is 0 Å². The normalized spacial score (nSPS) is 12.9. The molecule has 1 aromatic rings. The predicted octanol–water partition coefficient (Wildman–Crippen LogP) is 0.688. The first-order valence-electron chi connectivity index (χ1n) is 4.56. The fourth-order valence-electron chi connectivity index (χ4n) is 1.09. The van der Waals surface area contributed by atoms with Crippen LogP contribution in [0.2, 0.25) is 0 Å². The maximum atomic E-state index is 11.4. The first kappa shape index (κ1) is 10.7. The van der Waals surface area contributed by atoms with E-state index >= 15 is 0 Å². The monoisotopic (exact) mass is 197 g/mol. The average molecular weight is 197 g/mol. The van der Waals surface area contributed by atoms with Gasteiger partial charge in [-0.05, 0) is 12.3 Å². The Hall–Kier alpha value is -1.36. The van der Waals surface area contributed by atoms with Gasteiger partial charge in [-0.1, -0.05) is 13.8 Å². The van der Waals surface area contributed by atoms with Crippen LogP contribution in [0.4, 0.5) is 0 Å². The van der Waals surface area contributed by atoms with Crippen LogP contribution in [0, 0.1) is 5.92 Å². The number of aromatic amines is 1. The Kier molecular flexibility index (Phi) is 3.64. The highest BCUT2D eigenvalue weighted by Gasteiger charge is 2.17. The highest BCUT2D eigenvalue weighted by molar-refractivity contribution is 5.77. The third kappa shape index (κ3) is 3.18. The summed E-state index contributed by atoms with van der Waals surface area (Å²) in [6, 6.07) is 0.998. The Balaban J connectivity index is 2.42. The van der Waals surface area contributed by atoms with Crippen LogP contribution in [0.1, 0.15) is 20.3 Å². The molecule has 1 rings (SSSR count). The van der Waals surface area contributed by atoms with E-state index in [9.17, 15) is 4.79 Å². The predicted molar refractivity (Wildman–Crippen MR) is 51.7 cm³/mol. The van der Waals surface area contributed by atoms with E-state index in [0.29, 0.717) is 18.2 Å². The first-order chi connectivity index (χ1) is 6.59. The Labute approximate surface area is 82.6 Å². The Bertz CT molecular complexity index is 282. The molecule has 14 heavy (non-hydrogen) atoms. The molecule has 5 nitrogen and oxygen atoms in total. The van der Waals surface area contributed by atoms with Gasteiger partial charge < -0.3 is 10.5 Å². The van der Waals surface area contributed by atoms with Crippen LogP contribution < -0.4 is 10.5 Å². The van der Waals surface area contributed by atoms with E-state index in [0.717, 1.165) is 0 Å². The van der Waals surface area contributed by atoms with Crippen molar-refractivity contribution in [2.75, 3.05) is 0 Å². The number of nitrogens with zero attached hydrogens (tertiary/aromatic N) is 1. The maximum Gasteiger partial charge on any atom is 0.329 e. The summed E-state index contributed by atoms with van der Waals surface area (Å²) in [5.41, 5.74) is 5.63. The minimum Gasteiger partial charge on any atom is -0.407 e. The van der Waals surface area contributed by atoms with Crippen molar-refractivity contribution in [3.05, 3.63) is 12.3 Å². The molecule has 0 spiro atoms. The Morgan fingerprint density at radius 2 is 2.43 bits per heavy atom. The van der Waals surface area contributed by atoms with Crippen molar-refractivity contribution in [2.24, 2.45) is 11.7 Å². The van der Waals surface area contributed by atoms with Crippen molar-refractivity contribution >= 4 is 5.97 Å². The molecule has 0 bridgehead atoms. The summed E-state index contributed by atoms with van der Waals surface area (Å²) in [7, 11) is 0. The maximum absolute atomic E-state index is 11.4. The number of hydrogen-bond acceptors (Lipinski definition) is 4. The number of nitrogens with one attached hydrogen (secondary N) is 1. The summed E-state index contributed by atoms with van der Waals surface area (Å²) in [5, 5.41) is 6.18. The van der Waals surface area contributed by atoms with Crippen LogP contribution in [0.3, 0.4) is 0 Å². The van der Waals surface area contributed by atoms with Gasteiger partial charge in [0.2, 0.25) is 5.88 Å². The summed E-state index contributed by atoms with van der Waals surface area (Å²) in [4.78, 5) is 11.4. The van der Waals surface area contributed by atoms with Crippen molar-refractivity contribution in [3.63, 3.8) is 0 Å². The second kappa shape index (κ2) is 4.76. The van der Waals surface area contributed by atoms with Crippen LogP contribution in [0.15, 0.2) is 12.3 Å². The molecule has 0 unspecified atom stereocenters. The van der Waals surface area contributed by atoms with Gasteiger partial charge in [-0.3, -0.25) is 0 Å². The minimum absolute atomic E-state index is 0.328. The molecule has 0 aromatic carbocycles. The van der Waals surface area contributed by atoms with Gasteiger partial charge in [0.05, 0.1) is 6.20 Å². The van der Waals surface area contributed by atoms with E-state index in [2.05, 4.69) is 10.2 Å². The lowest BCUT2D eigenvalue weighted by molar-refractivity contribution is -0.136. The molecule has 0 saturated carbocycles. The second-order valence-corrected chi connectivity index (χ2v) is 3.58. The van der Waals surface area contributed by atoms with Crippen molar-refractivity contribution in [1.82, 2.24) is 10.2 Å². The molecule has 5 heteroatoms. The van der Waals surface area contributed by atoms with Crippen LogP contribution in [-0.4, -0.2) is 22.2 Å². The fraction of sp³-hybridized carbons (Fsp3) is 0.556. The largest absolute Gasteiger partial charge is 0.407 e. The SMILES string of the molecule is CC(C)C[C@@H](N)C(=O)Oc1ccn[nH]1. The number of nitrogens with two attached hydrogens (primary N) is 1. The number of rotatable bonds is 4. The molecule has 0 radical (unpaired) electrons. The summed E-state index contributed by atoms with van der Waals surface area (Å²) in [6.45, 7) is 4.01. The fourth-order valence-corrected chi connectivity index (χ4v) is 1.09. The van der Waals surface area contributed by atoms with Crippen LogP contribution >= 0.6 is 0 Å². The van der Waals surface area contributed by atoms with Crippen LogP contribution in [0.5, 0.6) is 5.88 Å². The molecule has 0 saturated heterocycles. The van der Waals surface area contributed by atoms with Gasteiger partial charge >= 0.3 is 5.97 Å². The molecule has 1 aromatic heterocycles. The topological polar surface area (TPSA) is 81.0 Å². The van der Waals surface area contributed by atoms with Gasteiger partial charge in [0.25, 0.3) is 0 Å². The van der Waals surface area contributed by atoms with E-state index in [4.69, 9.17) is 10.5 Å². The van der Waals surface area contributed by atoms with Crippen molar-refractivity contribution < 1.29 is 9.53 Å². The number of H-pyrrole nitrogens is 1. The van der Waals surface area contributed by atoms with Crippen molar-refractivity contribution in [3.8, 4) is 5.88 Å². The molecular weight excluding hydrogens is 182 g/mol. The van der Waals surface area contributed by atoms with Gasteiger partial charge in [-0.2, -0.15) is 5.10 Å². The zero-order chi connectivity index (χ0) is 10.6. The lowest BCUT2D eigenvalue weighted by atomic mass is 10.1. The number of ether oxygens (including phenoxy) is 1. The number of hydrogen-bond donors (Lipinski definition) is 2. The number of carbonyl (C=O) groups excluding carboxylic acids is 1. The highest BCUT2D eigenvalue weighted by Crippen LogP contribution is 2.07. The lowest BCUT2D eigenvalue weighted by Crippen LogP contribution is -2.35. The van der Waals surface area contributed by atoms with Gasteiger partial charge in [0.15, 0.2) is 0 Å². The molecule has 0 aliphatic heterocycles. The molecular formula is C9H15N3O2. The number of carbonyl (C=O) groups is 1. The second-order valence-electron chi connectivity index (χ2n) is 3.58. The van der Waals surface area contributed by atoms with Crippen LogP contribution in [-0.2, 0) is 4.79 Å². The van der Waals surface area contributed by atoms with E-state index in [1.165, 1.54) is 6.20 Å². The third-order valence-corrected chi connectivity index (χ3v) is 1.71. The van der Waals surface area contributed by atoms with Crippen molar-refractivity contribution in [2.45, 2.75) is 26.3 Å². The molecule has 1 atom stereocenters. The molecule has 0 aliphatic carbocycles. The number of esters is 1. The van der Waals surface area contributed by atoms with Gasteiger partial charge in [-0.15, -0.1) is 0 Å². The van der Waals surface area contributed by atoms with Gasteiger partial charge in [0.1, 0.15) is 6.04 Å². The highest BCUT2D eigenvalue weighted by atomic mass is 16.5.